The summed E-state index contributed by atoms with van der Waals surface area (Å²) in [6, 6.07) is 6.94. The van der Waals surface area contributed by atoms with E-state index in [0.29, 0.717) is 17.8 Å². The van der Waals surface area contributed by atoms with Gasteiger partial charge in [0.15, 0.2) is 0 Å². The van der Waals surface area contributed by atoms with Crippen LogP contribution >= 0.6 is 0 Å². The zero-order valence-corrected chi connectivity index (χ0v) is 13.3. The van der Waals surface area contributed by atoms with Crippen molar-refractivity contribution in [1.82, 2.24) is 10.2 Å². The van der Waals surface area contributed by atoms with Gasteiger partial charge in [0.05, 0.1) is 11.3 Å². The molecule has 5 heteroatoms. The summed E-state index contributed by atoms with van der Waals surface area (Å²) in [7, 11) is 0. The average molecular weight is 313 g/mol. The third-order valence-corrected chi connectivity index (χ3v) is 4.38. The molecule has 2 heterocycles. The van der Waals surface area contributed by atoms with Gasteiger partial charge in [0, 0.05) is 19.6 Å². The molecular formula is C18H23N3O2. The predicted molar refractivity (Wildman–Crippen MR) is 90.4 cm³/mol. The molecule has 0 aliphatic carbocycles. The number of para-hydroxylation sites is 1. The Morgan fingerprint density at radius 2 is 1.83 bits per heavy atom. The number of rotatable bonds is 3. The van der Waals surface area contributed by atoms with Gasteiger partial charge in [-0.1, -0.05) is 37.1 Å². The van der Waals surface area contributed by atoms with E-state index >= 15 is 0 Å². The Balaban J connectivity index is 1.75. The third kappa shape index (κ3) is 3.79. The molecule has 0 aromatic heterocycles. The van der Waals surface area contributed by atoms with Crippen LogP contribution in [-0.4, -0.2) is 42.4 Å². The minimum absolute atomic E-state index is 0.0118. The lowest BCUT2D eigenvalue weighted by Crippen LogP contribution is -2.37. The van der Waals surface area contributed by atoms with E-state index in [4.69, 9.17) is 0 Å². The van der Waals surface area contributed by atoms with E-state index in [1.165, 1.54) is 12.8 Å². The molecule has 0 spiro atoms. The summed E-state index contributed by atoms with van der Waals surface area (Å²) >= 11 is 0. The molecule has 23 heavy (non-hydrogen) atoms. The van der Waals surface area contributed by atoms with E-state index in [2.05, 4.69) is 10.6 Å². The standard InChI is InChI=1S/C18H23N3O2/c22-17(16-10-7-11-19-16)20-15-9-4-3-8-14(15)18(23)21-12-5-1-2-6-13-21/h3-4,7-10,16,19H,1-2,5-6,11-13H2,(H,20,22). The van der Waals surface area contributed by atoms with E-state index in [1.807, 2.05) is 29.2 Å². The highest BCUT2D eigenvalue weighted by molar-refractivity contribution is 6.05. The first kappa shape index (κ1) is 15.7. The number of hydrogen-bond acceptors (Lipinski definition) is 3. The molecule has 1 aromatic carbocycles. The van der Waals surface area contributed by atoms with Crippen LogP contribution in [0.15, 0.2) is 36.4 Å². The summed E-state index contributed by atoms with van der Waals surface area (Å²) in [5, 5.41) is 5.97. The smallest absolute Gasteiger partial charge is 0.255 e. The maximum absolute atomic E-state index is 12.8. The second-order valence-electron chi connectivity index (χ2n) is 6.06. The molecule has 2 amide bonds. The summed E-state index contributed by atoms with van der Waals surface area (Å²) in [6.45, 7) is 2.30. The Morgan fingerprint density at radius 1 is 1.09 bits per heavy atom. The number of nitrogens with zero attached hydrogens (tertiary/aromatic N) is 1. The van der Waals surface area contributed by atoms with E-state index < -0.39 is 0 Å². The lowest BCUT2D eigenvalue weighted by atomic mass is 10.1. The van der Waals surface area contributed by atoms with Gasteiger partial charge < -0.3 is 10.2 Å². The lowest BCUT2D eigenvalue weighted by Gasteiger charge is -2.22. The first-order chi connectivity index (χ1) is 11.3. The molecule has 2 aliphatic rings. The Bertz CT molecular complexity index is 604. The van der Waals surface area contributed by atoms with Crippen molar-refractivity contribution in [1.29, 1.82) is 0 Å². The van der Waals surface area contributed by atoms with E-state index in [-0.39, 0.29) is 17.9 Å². The molecular weight excluding hydrogens is 290 g/mol. The summed E-state index contributed by atoms with van der Waals surface area (Å²) in [4.78, 5) is 27.0. The maximum Gasteiger partial charge on any atom is 0.255 e. The molecule has 2 aliphatic heterocycles. The fourth-order valence-corrected chi connectivity index (χ4v) is 3.08. The highest BCUT2D eigenvalue weighted by atomic mass is 16.2. The number of carbonyl (C=O) groups is 2. The van der Waals surface area contributed by atoms with Gasteiger partial charge in [-0.3, -0.25) is 14.9 Å². The fraction of sp³-hybridized carbons (Fsp3) is 0.444. The van der Waals surface area contributed by atoms with Crippen LogP contribution in [-0.2, 0) is 4.79 Å². The van der Waals surface area contributed by atoms with Gasteiger partial charge in [-0.15, -0.1) is 0 Å². The number of likely N-dealkylation sites (tertiary alicyclic amines) is 1. The highest BCUT2D eigenvalue weighted by Gasteiger charge is 2.23. The maximum atomic E-state index is 12.8. The van der Waals surface area contributed by atoms with Crippen LogP contribution in [0.1, 0.15) is 36.0 Å². The van der Waals surface area contributed by atoms with E-state index in [9.17, 15) is 9.59 Å². The number of amides is 2. The van der Waals surface area contributed by atoms with Crippen LogP contribution in [0, 0.1) is 0 Å². The number of hydrogen-bond donors (Lipinski definition) is 2. The van der Waals surface area contributed by atoms with Crippen molar-refractivity contribution in [3.63, 3.8) is 0 Å². The highest BCUT2D eigenvalue weighted by Crippen LogP contribution is 2.20. The van der Waals surface area contributed by atoms with Gasteiger partial charge in [0.2, 0.25) is 5.91 Å². The van der Waals surface area contributed by atoms with Gasteiger partial charge >= 0.3 is 0 Å². The van der Waals surface area contributed by atoms with Gasteiger partial charge in [-0.05, 0) is 25.0 Å². The van der Waals surface area contributed by atoms with Crippen molar-refractivity contribution in [2.45, 2.75) is 31.7 Å². The quantitative estimate of drug-likeness (QED) is 0.841. The third-order valence-electron chi connectivity index (χ3n) is 4.38. The first-order valence-corrected chi connectivity index (χ1v) is 8.35. The second kappa shape index (κ2) is 7.42. The average Bonchev–Trinajstić information content (AvgIpc) is 2.98. The van der Waals surface area contributed by atoms with Gasteiger partial charge in [-0.2, -0.15) is 0 Å². The Labute approximate surface area is 136 Å². The van der Waals surface area contributed by atoms with Crippen molar-refractivity contribution in [2.75, 3.05) is 25.0 Å². The molecule has 0 radical (unpaired) electrons. The number of benzene rings is 1. The summed E-state index contributed by atoms with van der Waals surface area (Å²) < 4.78 is 0. The minimum atomic E-state index is -0.323. The van der Waals surface area contributed by atoms with Gasteiger partial charge in [-0.25, -0.2) is 0 Å². The molecule has 1 saturated heterocycles. The monoisotopic (exact) mass is 313 g/mol. The topological polar surface area (TPSA) is 61.4 Å². The molecule has 0 saturated carbocycles. The number of anilines is 1. The Morgan fingerprint density at radius 3 is 2.52 bits per heavy atom. The number of carbonyl (C=O) groups excluding carboxylic acids is 2. The molecule has 1 fully saturated rings. The molecule has 5 nitrogen and oxygen atoms in total. The Hall–Kier alpha value is -2.14. The molecule has 0 bridgehead atoms. The zero-order valence-electron chi connectivity index (χ0n) is 13.3. The van der Waals surface area contributed by atoms with Crippen LogP contribution < -0.4 is 10.6 Å². The summed E-state index contributed by atoms with van der Waals surface area (Å²) in [6.07, 6.45) is 8.24. The van der Waals surface area contributed by atoms with Crippen LogP contribution in [0.25, 0.3) is 0 Å². The van der Waals surface area contributed by atoms with Crippen LogP contribution in [0.2, 0.25) is 0 Å². The predicted octanol–water partition coefficient (Wildman–Crippen LogP) is 2.17. The van der Waals surface area contributed by atoms with Crippen molar-refractivity contribution in [2.24, 2.45) is 0 Å². The largest absolute Gasteiger partial charge is 0.339 e. The minimum Gasteiger partial charge on any atom is -0.339 e. The van der Waals surface area contributed by atoms with Gasteiger partial charge in [0.25, 0.3) is 5.91 Å². The normalized spacial score (nSPS) is 21.0. The van der Waals surface area contributed by atoms with Crippen molar-refractivity contribution in [3.8, 4) is 0 Å². The number of nitrogens with one attached hydrogen (secondary N) is 2. The first-order valence-electron chi connectivity index (χ1n) is 8.35. The molecule has 1 atom stereocenters. The molecule has 3 rings (SSSR count). The summed E-state index contributed by atoms with van der Waals surface area (Å²) in [5.41, 5.74) is 1.17. The second-order valence-corrected chi connectivity index (χ2v) is 6.06. The lowest BCUT2D eigenvalue weighted by molar-refractivity contribution is -0.116. The van der Waals surface area contributed by atoms with E-state index in [0.717, 1.165) is 25.9 Å². The molecule has 122 valence electrons. The van der Waals surface area contributed by atoms with Crippen LogP contribution in [0.4, 0.5) is 5.69 Å². The SMILES string of the molecule is O=C(Nc1ccccc1C(=O)N1CCCCCC1)C1C=CCN1. The Kier molecular flexibility index (Phi) is 5.08. The van der Waals surface area contributed by atoms with Crippen molar-refractivity contribution < 1.29 is 9.59 Å². The van der Waals surface area contributed by atoms with Crippen molar-refractivity contribution in [3.05, 3.63) is 42.0 Å². The molecule has 1 unspecified atom stereocenters. The van der Waals surface area contributed by atoms with Gasteiger partial charge in [0.1, 0.15) is 6.04 Å². The zero-order chi connectivity index (χ0) is 16.1. The van der Waals surface area contributed by atoms with E-state index in [1.54, 1.807) is 12.1 Å². The summed E-state index contributed by atoms with van der Waals surface area (Å²) in [5.74, 6) is -0.118. The van der Waals surface area contributed by atoms with Crippen LogP contribution in [0.3, 0.4) is 0 Å². The molecule has 1 aromatic rings. The molecule has 2 N–H and O–H groups in total. The van der Waals surface area contributed by atoms with Crippen LogP contribution in [0.5, 0.6) is 0 Å². The fourth-order valence-electron chi connectivity index (χ4n) is 3.08. The van der Waals surface area contributed by atoms with Crippen molar-refractivity contribution >= 4 is 17.5 Å².